The number of rotatable bonds is 16. The van der Waals surface area contributed by atoms with Gasteiger partial charge < -0.3 is 35.1 Å². The van der Waals surface area contributed by atoms with Crippen LogP contribution in [0.25, 0.3) is 0 Å². The van der Waals surface area contributed by atoms with Crippen LogP contribution < -0.4 is 20.5 Å². The van der Waals surface area contributed by atoms with Crippen molar-refractivity contribution in [2.45, 2.75) is 105 Å². The minimum Gasteiger partial charge on any atom is -0.493 e. The maximum Gasteiger partial charge on any atom is 0.411 e. The molecule has 1 saturated heterocycles. The molecule has 1 aromatic rings. The summed E-state index contributed by atoms with van der Waals surface area (Å²) >= 11 is 0. The van der Waals surface area contributed by atoms with Gasteiger partial charge >= 0.3 is 6.09 Å². The Kier molecular flexibility index (Phi) is 14.2. The number of primary amides is 1. The molecule has 0 unspecified atom stereocenters. The van der Waals surface area contributed by atoms with E-state index in [-0.39, 0.29) is 36.6 Å². The van der Waals surface area contributed by atoms with Gasteiger partial charge in [-0.15, -0.1) is 0 Å². The van der Waals surface area contributed by atoms with Crippen molar-refractivity contribution in [3.63, 3.8) is 0 Å². The third-order valence-electron chi connectivity index (χ3n) is 8.77. The summed E-state index contributed by atoms with van der Waals surface area (Å²) < 4.78 is 22.7. The van der Waals surface area contributed by atoms with Crippen LogP contribution in [0.5, 0.6) is 11.5 Å². The van der Waals surface area contributed by atoms with Crippen molar-refractivity contribution in [1.29, 1.82) is 0 Å². The largest absolute Gasteiger partial charge is 0.493 e. The predicted molar refractivity (Wildman–Crippen MR) is 177 cm³/mol. The molecule has 0 aliphatic carbocycles. The lowest BCUT2D eigenvalue weighted by Gasteiger charge is -2.37. The molecule has 0 aromatic heterocycles. The lowest BCUT2D eigenvalue weighted by molar-refractivity contribution is -0.130. The van der Waals surface area contributed by atoms with E-state index < -0.39 is 47.1 Å². The molecule has 1 aliphatic rings. The van der Waals surface area contributed by atoms with E-state index in [4.69, 9.17) is 24.7 Å². The number of aliphatic hydroxyl groups excluding tert-OH is 1. The number of likely N-dealkylation sites (tertiary alicyclic amines) is 1. The number of carbonyl (C=O) groups excluding carboxylic acids is 3. The first-order valence-electron chi connectivity index (χ1n) is 16.4. The van der Waals surface area contributed by atoms with Crippen LogP contribution in [0.2, 0.25) is 0 Å². The molecule has 5 atom stereocenters. The van der Waals surface area contributed by atoms with Gasteiger partial charge in [0.25, 0.3) is 0 Å². The monoisotopic (exact) mass is 649 g/mol. The van der Waals surface area contributed by atoms with E-state index in [0.29, 0.717) is 37.6 Å². The van der Waals surface area contributed by atoms with Gasteiger partial charge in [-0.2, -0.15) is 0 Å². The maximum atomic E-state index is 14.0. The van der Waals surface area contributed by atoms with E-state index in [1.165, 1.54) is 0 Å². The van der Waals surface area contributed by atoms with Crippen LogP contribution in [-0.2, 0) is 19.1 Å². The normalized spacial score (nSPS) is 20.0. The van der Waals surface area contributed by atoms with Crippen LogP contribution >= 0.6 is 0 Å². The van der Waals surface area contributed by atoms with Crippen LogP contribution in [0.3, 0.4) is 0 Å². The minimum absolute atomic E-state index is 0.0235. The number of ether oxygens (including phenoxy) is 4. The van der Waals surface area contributed by atoms with Crippen LogP contribution in [0.15, 0.2) is 18.2 Å². The smallest absolute Gasteiger partial charge is 0.411 e. The number of carbonyl (C=O) groups is 3. The molecule has 2 rings (SSSR count). The van der Waals surface area contributed by atoms with Gasteiger partial charge in [0, 0.05) is 32.6 Å². The summed E-state index contributed by atoms with van der Waals surface area (Å²) in [6.07, 6.45) is -0.218. The van der Waals surface area contributed by atoms with Gasteiger partial charge in [-0.3, -0.25) is 14.5 Å². The zero-order valence-electron chi connectivity index (χ0n) is 29.8. The Labute approximate surface area is 275 Å². The average Bonchev–Trinajstić information content (AvgIpc) is 3.37. The second kappa shape index (κ2) is 16.7. The number of hydrogen-bond acceptors (Lipinski definition) is 8. The van der Waals surface area contributed by atoms with E-state index in [2.05, 4.69) is 19.2 Å². The van der Waals surface area contributed by atoms with Crippen molar-refractivity contribution < 1.29 is 38.4 Å². The Bertz CT molecular complexity index is 1160. The lowest BCUT2D eigenvalue weighted by Crippen LogP contribution is -2.49. The summed E-state index contributed by atoms with van der Waals surface area (Å²) in [6.45, 7) is 17.9. The highest BCUT2D eigenvalue weighted by Crippen LogP contribution is 2.48. The van der Waals surface area contributed by atoms with Crippen LogP contribution in [-0.4, -0.2) is 79.6 Å². The Hall–Kier alpha value is -3.05. The molecule has 262 valence electrons. The Balaban J connectivity index is 2.51. The quantitative estimate of drug-likeness (QED) is 0.210. The summed E-state index contributed by atoms with van der Waals surface area (Å²) in [7, 11) is 3.23. The number of nitrogens with one attached hydrogen (secondary N) is 1. The molecule has 1 aliphatic heterocycles. The first-order chi connectivity index (χ1) is 21.3. The van der Waals surface area contributed by atoms with Gasteiger partial charge in [0.05, 0.1) is 37.3 Å². The van der Waals surface area contributed by atoms with Gasteiger partial charge in [-0.05, 0) is 82.9 Å². The maximum absolute atomic E-state index is 14.0. The fraction of sp³-hybridized carbons (Fsp3) is 0.743. The van der Waals surface area contributed by atoms with Gasteiger partial charge in [-0.25, -0.2) is 4.79 Å². The zero-order valence-corrected chi connectivity index (χ0v) is 29.8. The standard InChI is InChI=1S/C35H59N3O8/c1-21(2)24-18-26(27(39)19-25(22(3)4)31(40)37-20-35(8,9)32(36)41)38(33(42)46-34(5,6)7)30(24)23-13-14-28(44-11)29(17-23)45-16-12-15-43-10/h13-14,17,21-22,24-27,30,39H,12,15-16,18-20H2,1-11H3,(H2,36,41)(H,37,40)/t24-,25-,26-,27-,30-/m0/s1. The summed E-state index contributed by atoms with van der Waals surface area (Å²) in [5, 5.41) is 14.7. The van der Waals surface area contributed by atoms with Crippen LogP contribution in [0.1, 0.15) is 93.2 Å². The number of amides is 3. The number of aliphatic hydroxyl groups is 1. The molecule has 0 saturated carbocycles. The molecular weight excluding hydrogens is 590 g/mol. The zero-order chi connectivity index (χ0) is 35.0. The topological polar surface area (TPSA) is 150 Å². The molecule has 3 amide bonds. The molecule has 11 heteroatoms. The first-order valence-corrected chi connectivity index (χ1v) is 16.4. The number of methoxy groups -OCH3 is 2. The number of hydrogen-bond donors (Lipinski definition) is 3. The van der Waals surface area contributed by atoms with Crippen LogP contribution in [0, 0.1) is 29.1 Å². The van der Waals surface area contributed by atoms with E-state index >= 15 is 0 Å². The van der Waals surface area contributed by atoms with Crippen LogP contribution in [0.4, 0.5) is 4.79 Å². The SMILES string of the molecule is COCCCOc1cc([C@H]2[C@H](C(C)C)C[C@@H]([C@@H](O)C[C@H](C(=O)NCC(C)(C)C(N)=O)C(C)C)N2C(=O)OC(C)(C)C)ccc1OC. The molecule has 1 fully saturated rings. The van der Waals surface area contributed by atoms with Crippen molar-refractivity contribution in [3.05, 3.63) is 23.8 Å². The third kappa shape index (κ3) is 10.5. The highest BCUT2D eigenvalue weighted by molar-refractivity contribution is 5.83. The molecule has 1 heterocycles. The van der Waals surface area contributed by atoms with E-state index in [0.717, 1.165) is 5.56 Å². The molecule has 4 N–H and O–H groups in total. The van der Waals surface area contributed by atoms with Crippen molar-refractivity contribution in [1.82, 2.24) is 10.2 Å². The molecule has 0 bridgehead atoms. The van der Waals surface area contributed by atoms with E-state index in [9.17, 15) is 19.5 Å². The van der Waals surface area contributed by atoms with Crippen molar-refractivity contribution in [2.75, 3.05) is 34.0 Å². The first kappa shape index (κ1) is 39.1. The Morgan fingerprint density at radius 3 is 2.22 bits per heavy atom. The molecular formula is C35H59N3O8. The van der Waals surface area contributed by atoms with Gasteiger partial charge in [-0.1, -0.05) is 33.8 Å². The number of nitrogens with two attached hydrogens (primary N) is 1. The highest BCUT2D eigenvalue weighted by Gasteiger charge is 2.50. The number of benzene rings is 1. The summed E-state index contributed by atoms with van der Waals surface area (Å²) in [6, 6.07) is 4.63. The lowest BCUT2D eigenvalue weighted by atomic mass is 9.82. The summed E-state index contributed by atoms with van der Waals surface area (Å²) in [5.41, 5.74) is 4.66. The molecule has 0 radical (unpaired) electrons. The van der Waals surface area contributed by atoms with E-state index in [1.807, 2.05) is 52.8 Å². The summed E-state index contributed by atoms with van der Waals surface area (Å²) in [5.74, 6) is -0.200. The van der Waals surface area contributed by atoms with Gasteiger partial charge in [0.2, 0.25) is 11.8 Å². The molecule has 46 heavy (non-hydrogen) atoms. The number of nitrogens with zero attached hydrogens (tertiary/aromatic N) is 1. The Morgan fingerprint density at radius 2 is 1.70 bits per heavy atom. The second-order valence-electron chi connectivity index (χ2n) is 14.8. The minimum atomic E-state index is -1.02. The third-order valence-corrected chi connectivity index (χ3v) is 8.77. The second-order valence-corrected chi connectivity index (χ2v) is 14.8. The fourth-order valence-electron chi connectivity index (χ4n) is 5.89. The summed E-state index contributed by atoms with van der Waals surface area (Å²) in [4.78, 5) is 40.9. The highest BCUT2D eigenvalue weighted by atomic mass is 16.6. The predicted octanol–water partition coefficient (Wildman–Crippen LogP) is 5.08. The Morgan fingerprint density at radius 1 is 1.04 bits per heavy atom. The van der Waals surface area contributed by atoms with Gasteiger partial charge in [0.15, 0.2) is 11.5 Å². The molecule has 11 nitrogen and oxygen atoms in total. The molecule has 1 aromatic carbocycles. The average molecular weight is 650 g/mol. The van der Waals surface area contributed by atoms with Crippen molar-refractivity contribution in [2.24, 2.45) is 34.8 Å². The van der Waals surface area contributed by atoms with Crippen molar-refractivity contribution >= 4 is 17.9 Å². The molecule has 0 spiro atoms. The van der Waals surface area contributed by atoms with Gasteiger partial charge in [0.1, 0.15) is 5.60 Å². The fourth-order valence-corrected chi connectivity index (χ4v) is 5.89. The van der Waals surface area contributed by atoms with E-state index in [1.54, 1.807) is 33.0 Å². The van der Waals surface area contributed by atoms with Crippen molar-refractivity contribution in [3.8, 4) is 11.5 Å².